The minimum Gasteiger partial charge on any atom is -0.374 e. The molecule has 1 atom stereocenters. The summed E-state index contributed by atoms with van der Waals surface area (Å²) in [6, 6.07) is 0. The topological polar surface area (TPSA) is 26.3 Å². The van der Waals surface area contributed by atoms with Crippen molar-refractivity contribution < 1.29 is 9.53 Å². The molecule has 0 bridgehead atoms. The van der Waals surface area contributed by atoms with Gasteiger partial charge in [-0.1, -0.05) is 20.8 Å². The van der Waals surface area contributed by atoms with E-state index in [1.807, 2.05) is 20.8 Å². The van der Waals surface area contributed by atoms with E-state index < -0.39 is 0 Å². The largest absolute Gasteiger partial charge is 0.374 e. The van der Waals surface area contributed by atoms with E-state index in [0.29, 0.717) is 0 Å². The third-order valence-electron chi connectivity index (χ3n) is 1.46. The van der Waals surface area contributed by atoms with E-state index in [1.54, 1.807) is 14.0 Å². The summed E-state index contributed by atoms with van der Waals surface area (Å²) in [7, 11) is 1.55. The molecule has 0 aromatic heterocycles. The van der Waals surface area contributed by atoms with Crippen molar-refractivity contribution in [3.05, 3.63) is 0 Å². The number of ether oxygens (including phenoxy) is 1. The Morgan fingerprint density at radius 3 is 1.90 bits per heavy atom. The molecular weight excluding hydrogens is 128 g/mol. The summed E-state index contributed by atoms with van der Waals surface area (Å²) in [6.45, 7) is 7.45. The molecule has 0 aliphatic carbocycles. The van der Waals surface area contributed by atoms with Crippen molar-refractivity contribution in [3.8, 4) is 0 Å². The first kappa shape index (κ1) is 9.63. The molecule has 0 aliphatic rings. The van der Waals surface area contributed by atoms with Gasteiger partial charge in [0.1, 0.15) is 6.10 Å². The van der Waals surface area contributed by atoms with Crippen LogP contribution in [0.2, 0.25) is 0 Å². The molecule has 0 saturated heterocycles. The smallest absolute Gasteiger partial charge is 0.166 e. The van der Waals surface area contributed by atoms with Gasteiger partial charge < -0.3 is 4.74 Å². The Bertz CT molecular complexity index is 122. The Morgan fingerprint density at radius 1 is 1.40 bits per heavy atom. The number of carbonyl (C=O) groups excluding carboxylic acids is 1. The van der Waals surface area contributed by atoms with Crippen LogP contribution in [0.15, 0.2) is 0 Å². The maximum absolute atomic E-state index is 11.3. The monoisotopic (exact) mass is 144 g/mol. The number of Topliss-reactive ketones (excluding diaryl/α,β-unsaturated/α-hetero) is 1. The van der Waals surface area contributed by atoms with E-state index >= 15 is 0 Å². The van der Waals surface area contributed by atoms with Crippen molar-refractivity contribution in [2.24, 2.45) is 5.41 Å². The second kappa shape index (κ2) is 3.15. The fraction of sp³-hybridized carbons (Fsp3) is 0.875. The third-order valence-corrected chi connectivity index (χ3v) is 1.46. The number of rotatable bonds is 2. The Morgan fingerprint density at radius 2 is 1.80 bits per heavy atom. The summed E-state index contributed by atoms with van der Waals surface area (Å²) in [6.07, 6.45) is -0.278. The van der Waals surface area contributed by atoms with Gasteiger partial charge in [-0.05, 0) is 6.92 Å². The molecule has 0 aliphatic heterocycles. The zero-order valence-electron chi connectivity index (χ0n) is 7.39. The average molecular weight is 144 g/mol. The number of carbonyl (C=O) groups is 1. The minimum atomic E-state index is -0.282. The van der Waals surface area contributed by atoms with Crippen LogP contribution in [0.4, 0.5) is 0 Å². The molecule has 0 fully saturated rings. The lowest BCUT2D eigenvalue weighted by Crippen LogP contribution is -2.31. The molecule has 60 valence electrons. The van der Waals surface area contributed by atoms with E-state index in [1.165, 1.54) is 0 Å². The van der Waals surface area contributed by atoms with Gasteiger partial charge in [-0.2, -0.15) is 0 Å². The van der Waals surface area contributed by atoms with E-state index in [4.69, 9.17) is 4.74 Å². The maximum Gasteiger partial charge on any atom is 0.166 e. The fourth-order valence-corrected chi connectivity index (χ4v) is 0.717. The maximum atomic E-state index is 11.3. The van der Waals surface area contributed by atoms with E-state index in [9.17, 15) is 4.79 Å². The molecule has 2 nitrogen and oxygen atoms in total. The minimum absolute atomic E-state index is 0.148. The van der Waals surface area contributed by atoms with Crippen LogP contribution in [0.3, 0.4) is 0 Å². The molecule has 0 amide bonds. The molecule has 0 rings (SSSR count). The van der Waals surface area contributed by atoms with Crippen molar-refractivity contribution in [2.45, 2.75) is 33.8 Å². The molecule has 0 aromatic carbocycles. The highest BCUT2D eigenvalue weighted by molar-refractivity contribution is 5.87. The standard InChI is InChI=1S/C8H16O2/c1-6(10-5)7(9)8(2,3)4/h6H,1-5H3/t6-/m0/s1. The van der Waals surface area contributed by atoms with Crippen LogP contribution in [0.25, 0.3) is 0 Å². The van der Waals surface area contributed by atoms with Gasteiger partial charge in [0.25, 0.3) is 0 Å². The summed E-state index contributed by atoms with van der Waals surface area (Å²) in [4.78, 5) is 11.3. The zero-order valence-corrected chi connectivity index (χ0v) is 7.39. The van der Waals surface area contributed by atoms with Crippen molar-refractivity contribution in [3.63, 3.8) is 0 Å². The second-order valence-electron chi connectivity index (χ2n) is 3.49. The van der Waals surface area contributed by atoms with Crippen LogP contribution < -0.4 is 0 Å². The molecule has 0 spiro atoms. The second-order valence-corrected chi connectivity index (χ2v) is 3.49. The van der Waals surface area contributed by atoms with Crippen molar-refractivity contribution >= 4 is 5.78 Å². The predicted molar refractivity (Wildman–Crippen MR) is 40.9 cm³/mol. The normalized spacial score (nSPS) is 14.9. The number of hydrogen-bond donors (Lipinski definition) is 0. The number of methoxy groups -OCH3 is 1. The lowest BCUT2D eigenvalue weighted by atomic mass is 9.88. The quantitative estimate of drug-likeness (QED) is 0.589. The lowest BCUT2D eigenvalue weighted by Gasteiger charge is -2.20. The average Bonchev–Trinajstić information content (AvgIpc) is 1.83. The molecule has 0 aromatic rings. The molecule has 0 heterocycles. The first-order valence-corrected chi connectivity index (χ1v) is 3.46. The molecular formula is C8H16O2. The van der Waals surface area contributed by atoms with E-state index in [-0.39, 0.29) is 17.3 Å². The van der Waals surface area contributed by atoms with Crippen molar-refractivity contribution in [2.75, 3.05) is 7.11 Å². The van der Waals surface area contributed by atoms with Crippen LogP contribution >= 0.6 is 0 Å². The molecule has 2 heteroatoms. The Labute approximate surface area is 62.6 Å². The number of ketones is 1. The molecule has 10 heavy (non-hydrogen) atoms. The molecule has 0 radical (unpaired) electrons. The third kappa shape index (κ3) is 2.48. The van der Waals surface area contributed by atoms with Crippen LogP contribution in [0.5, 0.6) is 0 Å². The Hall–Kier alpha value is -0.370. The van der Waals surface area contributed by atoms with Crippen LogP contribution in [-0.4, -0.2) is 19.0 Å². The Balaban J connectivity index is 4.09. The highest BCUT2D eigenvalue weighted by Crippen LogP contribution is 2.17. The van der Waals surface area contributed by atoms with Crippen LogP contribution in [0, 0.1) is 5.41 Å². The zero-order chi connectivity index (χ0) is 8.36. The number of hydrogen-bond acceptors (Lipinski definition) is 2. The van der Waals surface area contributed by atoms with Crippen LogP contribution in [-0.2, 0) is 9.53 Å². The van der Waals surface area contributed by atoms with Gasteiger partial charge in [0.05, 0.1) is 0 Å². The van der Waals surface area contributed by atoms with Gasteiger partial charge in [0.15, 0.2) is 5.78 Å². The van der Waals surface area contributed by atoms with Crippen molar-refractivity contribution in [1.82, 2.24) is 0 Å². The molecule has 0 saturated carbocycles. The van der Waals surface area contributed by atoms with Gasteiger partial charge in [0.2, 0.25) is 0 Å². The van der Waals surface area contributed by atoms with Gasteiger partial charge >= 0.3 is 0 Å². The fourth-order valence-electron chi connectivity index (χ4n) is 0.717. The molecule has 0 unspecified atom stereocenters. The first-order valence-electron chi connectivity index (χ1n) is 3.46. The van der Waals surface area contributed by atoms with Gasteiger partial charge in [-0.3, -0.25) is 4.79 Å². The van der Waals surface area contributed by atoms with Crippen molar-refractivity contribution in [1.29, 1.82) is 0 Å². The summed E-state index contributed by atoms with van der Waals surface area (Å²) < 4.78 is 4.89. The Kier molecular flexibility index (Phi) is 3.03. The summed E-state index contributed by atoms with van der Waals surface area (Å²) in [5.41, 5.74) is -0.282. The summed E-state index contributed by atoms with van der Waals surface area (Å²) >= 11 is 0. The first-order chi connectivity index (χ1) is 4.39. The van der Waals surface area contributed by atoms with Gasteiger partial charge in [0, 0.05) is 12.5 Å². The van der Waals surface area contributed by atoms with Gasteiger partial charge in [-0.15, -0.1) is 0 Å². The highest BCUT2D eigenvalue weighted by Gasteiger charge is 2.26. The lowest BCUT2D eigenvalue weighted by molar-refractivity contribution is -0.135. The van der Waals surface area contributed by atoms with Crippen LogP contribution in [0.1, 0.15) is 27.7 Å². The predicted octanol–water partition coefficient (Wildman–Crippen LogP) is 1.64. The SMILES string of the molecule is CO[C@@H](C)C(=O)C(C)(C)C. The summed E-state index contributed by atoms with van der Waals surface area (Å²) in [5.74, 6) is 0.148. The van der Waals surface area contributed by atoms with E-state index in [2.05, 4.69) is 0 Å². The highest BCUT2D eigenvalue weighted by atomic mass is 16.5. The van der Waals surface area contributed by atoms with Gasteiger partial charge in [-0.25, -0.2) is 0 Å². The summed E-state index contributed by atoms with van der Waals surface area (Å²) in [5, 5.41) is 0. The molecule has 0 N–H and O–H groups in total. The van der Waals surface area contributed by atoms with E-state index in [0.717, 1.165) is 0 Å².